The number of nitrogens with one attached hydrogen (secondary N) is 1. The maximum atomic E-state index is 12.2. The Bertz CT molecular complexity index is 585. The monoisotopic (exact) mass is 289 g/mol. The van der Waals surface area contributed by atoms with Crippen molar-refractivity contribution < 1.29 is 14.7 Å². The van der Waals surface area contributed by atoms with Gasteiger partial charge < -0.3 is 10.4 Å². The molecule has 1 rings (SSSR count). The number of carbonyl (C=O) groups excluding carboxylic acids is 1. The van der Waals surface area contributed by atoms with Crippen LogP contribution in [-0.2, 0) is 4.79 Å². The molecule has 0 bridgehead atoms. The van der Waals surface area contributed by atoms with E-state index in [0.717, 1.165) is 0 Å². The van der Waals surface area contributed by atoms with Gasteiger partial charge in [0.25, 0.3) is 0 Å². The molecular formula is C15H19N3O3. The summed E-state index contributed by atoms with van der Waals surface area (Å²) in [6.45, 7) is 5.19. The van der Waals surface area contributed by atoms with Crippen molar-refractivity contribution in [2.24, 2.45) is 5.41 Å². The van der Waals surface area contributed by atoms with Crippen molar-refractivity contribution in [3.05, 3.63) is 29.8 Å². The molecule has 1 unspecified atom stereocenters. The summed E-state index contributed by atoms with van der Waals surface area (Å²) in [7, 11) is 1.49. The minimum atomic E-state index is -1.10. The van der Waals surface area contributed by atoms with Gasteiger partial charge in [-0.05, 0) is 17.5 Å². The normalized spacial score (nSPS) is 12.1. The molecule has 6 heteroatoms. The number of hydrogen-bond acceptors (Lipinski definition) is 3. The van der Waals surface area contributed by atoms with Crippen LogP contribution >= 0.6 is 0 Å². The molecule has 0 saturated carbocycles. The highest BCUT2D eigenvalue weighted by Gasteiger charge is 2.33. The highest BCUT2D eigenvalue weighted by atomic mass is 16.4. The third-order valence-corrected chi connectivity index (χ3v) is 3.07. The summed E-state index contributed by atoms with van der Waals surface area (Å²) < 4.78 is 0. The lowest BCUT2D eigenvalue weighted by atomic mass is 9.87. The van der Waals surface area contributed by atoms with Gasteiger partial charge in [-0.25, -0.2) is 9.59 Å². The molecule has 1 atom stereocenters. The van der Waals surface area contributed by atoms with Crippen LogP contribution in [0, 0.1) is 16.7 Å². The van der Waals surface area contributed by atoms with Gasteiger partial charge in [-0.1, -0.05) is 32.9 Å². The number of carboxylic acid groups (broad SMARTS) is 1. The van der Waals surface area contributed by atoms with Crippen molar-refractivity contribution in [2.75, 3.05) is 11.9 Å². The predicted molar refractivity (Wildman–Crippen MR) is 79.0 cm³/mol. The van der Waals surface area contributed by atoms with Crippen LogP contribution in [0.2, 0.25) is 0 Å². The molecule has 1 aromatic rings. The third kappa shape index (κ3) is 3.96. The average Bonchev–Trinajstić information content (AvgIpc) is 2.41. The maximum Gasteiger partial charge on any atom is 0.326 e. The Hall–Kier alpha value is -2.55. The fourth-order valence-electron chi connectivity index (χ4n) is 1.84. The van der Waals surface area contributed by atoms with Crippen LogP contribution in [0.4, 0.5) is 10.5 Å². The zero-order chi connectivity index (χ0) is 16.2. The molecule has 0 radical (unpaired) electrons. The fourth-order valence-corrected chi connectivity index (χ4v) is 1.84. The second-order valence-corrected chi connectivity index (χ2v) is 5.77. The number of para-hydroxylation sites is 1. The van der Waals surface area contributed by atoms with Crippen LogP contribution in [0.15, 0.2) is 24.3 Å². The van der Waals surface area contributed by atoms with Crippen LogP contribution in [-0.4, -0.2) is 30.2 Å². The van der Waals surface area contributed by atoms with Crippen LogP contribution in [0.25, 0.3) is 0 Å². The number of rotatable bonds is 3. The van der Waals surface area contributed by atoms with E-state index in [1.165, 1.54) is 11.9 Å². The van der Waals surface area contributed by atoms with Crippen molar-refractivity contribution in [1.29, 1.82) is 5.26 Å². The Morgan fingerprint density at radius 2 is 1.90 bits per heavy atom. The maximum absolute atomic E-state index is 12.2. The zero-order valence-electron chi connectivity index (χ0n) is 12.5. The summed E-state index contributed by atoms with van der Waals surface area (Å²) in [5.74, 6) is -1.10. The third-order valence-electron chi connectivity index (χ3n) is 3.07. The largest absolute Gasteiger partial charge is 0.480 e. The summed E-state index contributed by atoms with van der Waals surface area (Å²) in [5, 5.41) is 20.8. The predicted octanol–water partition coefficient (Wildman–Crippen LogP) is 2.20. The molecule has 112 valence electrons. The Kier molecular flexibility index (Phi) is 4.93. The molecular weight excluding hydrogens is 270 g/mol. The summed E-state index contributed by atoms with van der Waals surface area (Å²) in [4.78, 5) is 24.7. The number of nitriles is 1. The first-order valence-electron chi connectivity index (χ1n) is 6.44. The van der Waals surface area contributed by atoms with Crippen molar-refractivity contribution >= 4 is 17.7 Å². The molecule has 0 aliphatic rings. The molecule has 0 aromatic heterocycles. The SMILES string of the molecule is CN(C(=O)NC(C(=O)O)C(C)(C)C)c1ccccc1C#N. The number of nitrogens with zero attached hydrogens (tertiary/aromatic N) is 2. The number of carbonyl (C=O) groups is 2. The van der Waals surface area contributed by atoms with Crippen molar-refractivity contribution in [3.8, 4) is 6.07 Å². The molecule has 2 N–H and O–H groups in total. The van der Waals surface area contributed by atoms with E-state index >= 15 is 0 Å². The summed E-state index contributed by atoms with van der Waals surface area (Å²) >= 11 is 0. The van der Waals surface area contributed by atoms with Crippen molar-refractivity contribution in [1.82, 2.24) is 5.32 Å². The fraction of sp³-hybridized carbons (Fsp3) is 0.400. The van der Waals surface area contributed by atoms with Gasteiger partial charge in [-0.2, -0.15) is 5.26 Å². The zero-order valence-corrected chi connectivity index (χ0v) is 12.5. The first-order chi connectivity index (χ1) is 9.68. The van der Waals surface area contributed by atoms with E-state index in [2.05, 4.69) is 5.32 Å². The van der Waals surface area contributed by atoms with E-state index in [9.17, 15) is 14.7 Å². The number of benzene rings is 1. The summed E-state index contributed by atoms with van der Waals surface area (Å²) in [6, 6.07) is 7.03. The molecule has 6 nitrogen and oxygen atoms in total. The molecule has 0 aliphatic heterocycles. The first kappa shape index (κ1) is 16.5. The van der Waals surface area contributed by atoms with E-state index < -0.39 is 23.5 Å². The van der Waals surface area contributed by atoms with Crippen molar-refractivity contribution in [2.45, 2.75) is 26.8 Å². The number of urea groups is 1. The van der Waals surface area contributed by atoms with Gasteiger partial charge in [0, 0.05) is 7.05 Å². The van der Waals surface area contributed by atoms with E-state index in [1.54, 1.807) is 45.0 Å². The second kappa shape index (κ2) is 6.27. The topological polar surface area (TPSA) is 93.4 Å². The summed E-state index contributed by atoms with van der Waals surface area (Å²) in [5.41, 5.74) is 0.144. The lowest BCUT2D eigenvalue weighted by Gasteiger charge is -2.30. The van der Waals surface area contributed by atoms with Crippen LogP contribution < -0.4 is 10.2 Å². The molecule has 0 aliphatic carbocycles. The molecule has 0 fully saturated rings. The van der Waals surface area contributed by atoms with Crippen LogP contribution in [0.3, 0.4) is 0 Å². The average molecular weight is 289 g/mol. The lowest BCUT2D eigenvalue weighted by molar-refractivity contribution is -0.141. The number of anilines is 1. The smallest absolute Gasteiger partial charge is 0.326 e. The van der Waals surface area contributed by atoms with Gasteiger partial charge in [0.2, 0.25) is 0 Å². The van der Waals surface area contributed by atoms with E-state index in [4.69, 9.17) is 5.26 Å². The number of amides is 2. The van der Waals surface area contributed by atoms with Crippen LogP contribution in [0.1, 0.15) is 26.3 Å². The summed E-state index contributed by atoms with van der Waals surface area (Å²) in [6.07, 6.45) is 0. The standard InChI is InChI=1S/C15H19N3O3/c1-15(2,3)12(13(19)20)17-14(21)18(4)11-8-6-5-7-10(11)9-16/h5-8,12H,1-4H3,(H,17,21)(H,19,20). The molecule has 21 heavy (non-hydrogen) atoms. The molecule has 1 aromatic carbocycles. The van der Waals surface area contributed by atoms with Gasteiger partial charge in [0.1, 0.15) is 12.1 Å². The van der Waals surface area contributed by atoms with Gasteiger partial charge in [-0.3, -0.25) is 4.90 Å². The molecule has 2 amide bonds. The molecule has 0 heterocycles. The highest BCUT2D eigenvalue weighted by molar-refractivity contribution is 5.95. The Balaban J connectivity index is 2.98. The van der Waals surface area contributed by atoms with E-state index in [1.807, 2.05) is 6.07 Å². The number of hydrogen-bond donors (Lipinski definition) is 2. The molecule has 0 spiro atoms. The highest BCUT2D eigenvalue weighted by Crippen LogP contribution is 2.21. The quantitative estimate of drug-likeness (QED) is 0.892. The minimum Gasteiger partial charge on any atom is -0.480 e. The first-order valence-corrected chi connectivity index (χ1v) is 6.44. The Labute approximate surface area is 124 Å². The van der Waals surface area contributed by atoms with E-state index in [0.29, 0.717) is 11.3 Å². The Morgan fingerprint density at radius 1 is 1.33 bits per heavy atom. The number of aliphatic carboxylic acids is 1. The second-order valence-electron chi connectivity index (χ2n) is 5.77. The van der Waals surface area contributed by atoms with Crippen LogP contribution in [0.5, 0.6) is 0 Å². The Morgan fingerprint density at radius 3 is 2.38 bits per heavy atom. The van der Waals surface area contributed by atoms with Crippen molar-refractivity contribution in [3.63, 3.8) is 0 Å². The van der Waals surface area contributed by atoms with Gasteiger partial charge in [0.15, 0.2) is 0 Å². The van der Waals surface area contributed by atoms with Gasteiger partial charge >= 0.3 is 12.0 Å². The van der Waals surface area contributed by atoms with E-state index in [-0.39, 0.29) is 0 Å². The van der Waals surface area contributed by atoms with Gasteiger partial charge in [-0.15, -0.1) is 0 Å². The number of carboxylic acids is 1. The molecule has 0 saturated heterocycles. The van der Waals surface area contributed by atoms with Gasteiger partial charge in [0.05, 0.1) is 11.3 Å². The minimum absolute atomic E-state index is 0.345. The lowest BCUT2D eigenvalue weighted by Crippen LogP contribution is -2.52.